The number of benzene rings is 2. The highest BCUT2D eigenvalue weighted by molar-refractivity contribution is 5.64. The topological polar surface area (TPSA) is 9.23 Å². The number of hydrogen-bond acceptors (Lipinski definition) is 1. The Balaban J connectivity index is 2.43. The fraction of sp³-hybridized carbons (Fsp3) is 0.0769. The van der Waals surface area contributed by atoms with E-state index in [4.69, 9.17) is 4.74 Å². The van der Waals surface area contributed by atoms with Gasteiger partial charge in [-0.05, 0) is 29.3 Å². The minimum absolute atomic E-state index is 0.265. The molecule has 1 nitrogen and oxygen atoms in total. The van der Waals surface area contributed by atoms with E-state index in [0.717, 1.165) is 11.1 Å². The summed E-state index contributed by atoms with van der Waals surface area (Å²) in [7, 11) is 1.45. The lowest BCUT2D eigenvalue weighted by Crippen LogP contribution is -1.88. The van der Waals surface area contributed by atoms with E-state index in [1.165, 1.54) is 13.2 Å². The third-order valence-electron chi connectivity index (χ3n) is 2.20. The second kappa shape index (κ2) is 4.13. The van der Waals surface area contributed by atoms with Gasteiger partial charge in [-0.2, -0.15) is 0 Å². The maximum atomic E-state index is 13.4. The number of methoxy groups -OCH3 is 1. The van der Waals surface area contributed by atoms with Crippen molar-refractivity contribution in [1.29, 1.82) is 0 Å². The van der Waals surface area contributed by atoms with E-state index in [0.29, 0.717) is 0 Å². The van der Waals surface area contributed by atoms with E-state index in [-0.39, 0.29) is 11.6 Å². The molecule has 0 aliphatic rings. The summed E-state index contributed by atoms with van der Waals surface area (Å²) in [6.45, 7) is 0. The lowest BCUT2D eigenvalue weighted by molar-refractivity contribution is 0.386. The van der Waals surface area contributed by atoms with Crippen LogP contribution in [0.15, 0.2) is 42.5 Å². The molecule has 0 bridgehead atoms. The van der Waals surface area contributed by atoms with Crippen LogP contribution in [-0.2, 0) is 0 Å². The van der Waals surface area contributed by atoms with Crippen molar-refractivity contribution in [1.82, 2.24) is 0 Å². The molecule has 2 aromatic rings. The molecule has 0 saturated heterocycles. The Bertz CT molecular complexity index is 451. The van der Waals surface area contributed by atoms with Crippen LogP contribution in [0.1, 0.15) is 0 Å². The number of ether oxygens (including phenoxy) is 1. The standard InChI is InChI=1S/C13H10FO/c1-15-13-8-7-11(9-12(13)14)10-5-3-2-4-6-10/h3-9H,1H3. The zero-order chi connectivity index (χ0) is 10.7. The van der Waals surface area contributed by atoms with E-state index in [9.17, 15) is 4.39 Å². The quantitative estimate of drug-likeness (QED) is 0.724. The molecular weight excluding hydrogens is 191 g/mol. The molecule has 0 fully saturated rings. The number of hydrogen-bond donors (Lipinski definition) is 0. The third-order valence-corrected chi connectivity index (χ3v) is 2.20. The summed E-state index contributed by atoms with van der Waals surface area (Å²) >= 11 is 0. The molecule has 0 atom stereocenters. The van der Waals surface area contributed by atoms with Gasteiger partial charge < -0.3 is 4.74 Å². The van der Waals surface area contributed by atoms with Gasteiger partial charge in [0.1, 0.15) is 0 Å². The summed E-state index contributed by atoms with van der Waals surface area (Å²) in [5, 5.41) is 0. The molecule has 2 rings (SSSR count). The molecule has 2 aromatic carbocycles. The van der Waals surface area contributed by atoms with Gasteiger partial charge in [0.25, 0.3) is 0 Å². The Morgan fingerprint density at radius 1 is 1.07 bits per heavy atom. The second-order valence-corrected chi connectivity index (χ2v) is 3.14. The molecule has 2 heteroatoms. The first-order chi connectivity index (χ1) is 7.31. The van der Waals surface area contributed by atoms with Crippen molar-refractivity contribution in [3.05, 3.63) is 54.3 Å². The average Bonchev–Trinajstić information content (AvgIpc) is 2.30. The first-order valence-corrected chi connectivity index (χ1v) is 4.61. The average molecular weight is 201 g/mol. The maximum absolute atomic E-state index is 13.4. The first kappa shape index (κ1) is 9.71. The van der Waals surface area contributed by atoms with Crippen molar-refractivity contribution in [2.45, 2.75) is 0 Å². The minimum Gasteiger partial charge on any atom is -0.494 e. The van der Waals surface area contributed by atoms with E-state index in [1.54, 1.807) is 18.2 Å². The third kappa shape index (κ3) is 1.99. The molecule has 0 unspecified atom stereocenters. The molecule has 0 N–H and O–H groups in total. The zero-order valence-electron chi connectivity index (χ0n) is 8.33. The molecule has 75 valence electrons. The lowest BCUT2D eigenvalue weighted by atomic mass is 10.1. The summed E-state index contributed by atoms with van der Waals surface area (Å²) in [5.74, 6) is -0.0796. The SMILES string of the molecule is COc1ccc(-c2cc[c]cc2)cc1F. The predicted octanol–water partition coefficient (Wildman–Crippen LogP) is 3.30. The van der Waals surface area contributed by atoms with Crippen LogP contribution >= 0.6 is 0 Å². The lowest BCUT2D eigenvalue weighted by Gasteiger charge is -2.04. The van der Waals surface area contributed by atoms with Gasteiger partial charge >= 0.3 is 0 Å². The monoisotopic (exact) mass is 201 g/mol. The van der Waals surface area contributed by atoms with Crippen LogP contribution in [0.2, 0.25) is 0 Å². The summed E-state index contributed by atoms with van der Waals surface area (Å²) < 4.78 is 18.3. The van der Waals surface area contributed by atoms with Crippen molar-refractivity contribution < 1.29 is 9.13 Å². The van der Waals surface area contributed by atoms with Crippen molar-refractivity contribution in [2.75, 3.05) is 7.11 Å². The number of halogens is 1. The van der Waals surface area contributed by atoms with Gasteiger partial charge in [-0.3, -0.25) is 0 Å². The van der Waals surface area contributed by atoms with Crippen molar-refractivity contribution in [2.24, 2.45) is 0 Å². The molecule has 0 saturated carbocycles. The first-order valence-electron chi connectivity index (χ1n) is 4.61. The fourth-order valence-corrected chi connectivity index (χ4v) is 1.43. The summed E-state index contributed by atoms with van der Waals surface area (Å²) in [4.78, 5) is 0. The van der Waals surface area contributed by atoms with E-state index < -0.39 is 0 Å². The predicted molar refractivity (Wildman–Crippen MR) is 57.2 cm³/mol. The van der Waals surface area contributed by atoms with Gasteiger partial charge in [-0.15, -0.1) is 0 Å². The summed E-state index contributed by atoms with van der Waals surface area (Å²) in [6, 6.07) is 15.2. The fourth-order valence-electron chi connectivity index (χ4n) is 1.43. The van der Waals surface area contributed by atoms with E-state index in [2.05, 4.69) is 6.07 Å². The molecular formula is C13H10FO. The van der Waals surface area contributed by atoms with Crippen molar-refractivity contribution >= 4 is 0 Å². The maximum Gasteiger partial charge on any atom is 0.165 e. The van der Waals surface area contributed by atoms with E-state index in [1.807, 2.05) is 18.2 Å². The highest BCUT2D eigenvalue weighted by Gasteiger charge is 2.04. The van der Waals surface area contributed by atoms with Crippen LogP contribution in [0.4, 0.5) is 4.39 Å². The Hall–Kier alpha value is -1.83. The van der Waals surface area contributed by atoms with Gasteiger partial charge in [0.15, 0.2) is 11.6 Å². The molecule has 0 aromatic heterocycles. The Morgan fingerprint density at radius 3 is 2.40 bits per heavy atom. The van der Waals surface area contributed by atoms with Gasteiger partial charge in [-0.25, -0.2) is 4.39 Å². The van der Waals surface area contributed by atoms with Gasteiger partial charge in [0.2, 0.25) is 0 Å². The van der Waals surface area contributed by atoms with Crippen molar-refractivity contribution in [3.8, 4) is 16.9 Å². The molecule has 0 aliphatic carbocycles. The molecule has 0 amide bonds. The Morgan fingerprint density at radius 2 is 1.80 bits per heavy atom. The minimum atomic E-state index is -0.345. The smallest absolute Gasteiger partial charge is 0.165 e. The molecule has 0 spiro atoms. The van der Waals surface area contributed by atoms with E-state index >= 15 is 0 Å². The van der Waals surface area contributed by atoms with Gasteiger partial charge in [0.05, 0.1) is 7.11 Å². The highest BCUT2D eigenvalue weighted by Crippen LogP contribution is 2.24. The highest BCUT2D eigenvalue weighted by atomic mass is 19.1. The number of rotatable bonds is 2. The molecule has 0 heterocycles. The Kier molecular flexibility index (Phi) is 2.68. The van der Waals surface area contributed by atoms with Crippen LogP contribution < -0.4 is 4.74 Å². The second-order valence-electron chi connectivity index (χ2n) is 3.14. The van der Waals surface area contributed by atoms with Gasteiger partial charge in [-0.1, -0.05) is 30.3 Å². The van der Waals surface area contributed by atoms with Crippen LogP contribution in [0.5, 0.6) is 5.75 Å². The van der Waals surface area contributed by atoms with Crippen LogP contribution in [0.25, 0.3) is 11.1 Å². The largest absolute Gasteiger partial charge is 0.494 e. The normalized spacial score (nSPS) is 10.0. The van der Waals surface area contributed by atoms with Gasteiger partial charge in [0, 0.05) is 0 Å². The van der Waals surface area contributed by atoms with Crippen LogP contribution in [0, 0.1) is 11.9 Å². The van der Waals surface area contributed by atoms with Crippen molar-refractivity contribution in [3.63, 3.8) is 0 Å². The molecule has 1 radical (unpaired) electrons. The molecule has 15 heavy (non-hydrogen) atoms. The van der Waals surface area contributed by atoms with Crippen LogP contribution in [-0.4, -0.2) is 7.11 Å². The molecule has 0 aliphatic heterocycles. The van der Waals surface area contributed by atoms with Crippen LogP contribution in [0.3, 0.4) is 0 Å². The summed E-state index contributed by atoms with van der Waals surface area (Å²) in [5.41, 5.74) is 1.80. The zero-order valence-corrected chi connectivity index (χ0v) is 8.33. The Labute approximate surface area is 88.1 Å². The summed E-state index contributed by atoms with van der Waals surface area (Å²) in [6.07, 6.45) is 0.